The number of nitrogens with zero attached hydrogens (tertiary/aromatic N) is 2. The van der Waals surface area contributed by atoms with Crippen molar-refractivity contribution >= 4 is 34.8 Å². The molecule has 1 amide bonds. The normalized spacial score (nSPS) is 17.4. The van der Waals surface area contributed by atoms with Gasteiger partial charge in [-0.25, -0.2) is 0 Å². The summed E-state index contributed by atoms with van der Waals surface area (Å²) >= 11 is 12.1. The maximum Gasteiger partial charge on any atom is 0.279 e. The average Bonchev–Trinajstić information content (AvgIpc) is 2.46. The molecular weight excluding hydrogens is 361 g/mol. The summed E-state index contributed by atoms with van der Waals surface area (Å²) in [6.07, 6.45) is 0. The number of halogens is 3. The summed E-state index contributed by atoms with van der Waals surface area (Å²) in [5.74, 6) is -0.295. The third-order valence-electron chi connectivity index (χ3n) is 4.26. The van der Waals surface area contributed by atoms with Crippen LogP contribution in [0.5, 0.6) is 5.75 Å². The number of carbonyl (C=O) groups is 1. The van der Waals surface area contributed by atoms with Crippen LogP contribution in [0.2, 0.25) is 10.0 Å². The quantitative estimate of drug-likeness (QED) is 0.539. The van der Waals surface area contributed by atoms with Gasteiger partial charge in [0.05, 0.1) is 30.8 Å². The molecule has 0 saturated carbocycles. The van der Waals surface area contributed by atoms with Gasteiger partial charge in [-0.2, -0.15) is 0 Å². The lowest BCUT2D eigenvalue weighted by Gasteiger charge is -2.40. The third kappa shape index (κ3) is 4.88. The fraction of sp³-hybridized carbons (Fsp3) is 0.533. The molecule has 0 aliphatic carbocycles. The second-order valence-electron chi connectivity index (χ2n) is 6.27. The van der Waals surface area contributed by atoms with Crippen molar-refractivity contribution in [1.82, 2.24) is 4.90 Å². The van der Waals surface area contributed by atoms with Gasteiger partial charge in [-0.15, -0.1) is 0 Å². The van der Waals surface area contributed by atoms with Crippen LogP contribution in [-0.4, -0.2) is 67.2 Å². The highest BCUT2D eigenvalue weighted by molar-refractivity contribution is 6.37. The van der Waals surface area contributed by atoms with E-state index >= 15 is 0 Å². The first-order valence-electron chi connectivity index (χ1n) is 7.21. The molecule has 1 heterocycles. The Labute approximate surface area is 153 Å². The molecule has 1 aromatic rings. The number of hydrogen-bond donors (Lipinski definition) is 2. The van der Waals surface area contributed by atoms with Crippen molar-refractivity contribution in [2.75, 3.05) is 52.1 Å². The molecule has 130 valence electrons. The summed E-state index contributed by atoms with van der Waals surface area (Å²) in [4.78, 5) is 14.5. The molecule has 1 aliphatic rings. The molecule has 1 fully saturated rings. The van der Waals surface area contributed by atoms with Crippen LogP contribution in [0.1, 0.15) is 5.56 Å². The van der Waals surface area contributed by atoms with Gasteiger partial charge in [0, 0.05) is 18.1 Å². The number of benzene rings is 1. The van der Waals surface area contributed by atoms with Crippen LogP contribution in [0.15, 0.2) is 6.07 Å². The number of rotatable bonds is 3. The number of aromatic hydroxyl groups is 1. The lowest BCUT2D eigenvalue weighted by molar-refractivity contribution is -0.905. The van der Waals surface area contributed by atoms with Crippen LogP contribution < -0.4 is 17.7 Å². The minimum absolute atomic E-state index is 0. The van der Waals surface area contributed by atoms with Crippen molar-refractivity contribution < 1.29 is 26.8 Å². The summed E-state index contributed by atoms with van der Waals surface area (Å²) in [5.41, 5.74) is 0.850. The van der Waals surface area contributed by atoms with E-state index in [9.17, 15) is 9.90 Å². The maximum absolute atomic E-state index is 12.3. The highest BCUT2D eigenvalue weighted by atomic mass is 35.5. The molecule has 0 aromatic heterocycles. The van der Waals surface area contributed by atoms with Gasteiger partial charge < -0.3 is 27.3 Å². The van der Waals surface area contributed by atoms with Crippen molar-refractivity contribution in [3.05, 3.63) is 21.7 Å². The molecule has 23 heavy (non-hydrogen) atoms. The Morgan fingerprint density at radius 1 is 1.39 bits per heavy atom. The lowest BCUT2D eigenvalue weighted by atomic mass is 10.2. The fourth-order valence-electron chi connectivity index (χ4n) is 2.54. The maximum atomic E-state index is 12.3. The van der Waals surface area contributed by atoms with Crippen molar-refractivity contribution in [2.45, 2.75) is 6.92 Å². The Balaban J connectivity index is 0.00000264. The standard InChI is InChI=1S/C15H21Cl2N3O2.ClH/c1-10-11(16)8-12(15(22)14(10)17)18-13(21)9-20(3)6-4-19(2)5-7-20;/h8H,4-7,9H2,1-3H3,(H-,18,21,22);1H. The SMILES string of the molecule is Cc1c(Cl)cc(NC(=O)C[N+]2(C)CCN(C)CC2)c(O)c1Cl.[Cl-]. The molecule has 1 saturated heterocycles. The lowest BCUT2D eigenvalue weighted by Crippen LogP contribution is -3.00. The minimum atomic E-state index is -0.154. The van der Waals surface area contributed by atoms with E-state index in [0.717, 1.165) is 26.2 Å². The largest absolute Gasteiger partial charge is 1.00 e. The number of phenols is 1. The number of amides is 1. The average molecular weight is 383 g/mol. The molecule has 0 radical (unpaired) electrons. The molecule has 8 heteroatoms. The summed E-state index contributed by atoms with van der Waals surface area (Å²) in [5, 5.41) is 13.3. The number of quaternary nitrogens is 1. The smallest absolute Gasteiger partial charge is 0.279 e. The first kappa shape index (κ1) is 20.3. The van der Waals surface area contributed by atoms with Gasteiger partial charge in [-0.05, 0) is 25.6 Å². The molecule has 2 N–H and O–H groups in total. The topological polar surface area (TPSA) is 52.6 Å². The van der Waals surface area contributed by atoms with Crippen LogP contribution in [0.4, 0.5) is 5.69 Å². The van der Waals surface area contributed by atoms with Crippen LogP contribution in [-0.2, 0) is 4.79 Å². The number of piperazine rings is 1. The van der Waals surface area contributed by atoms with Crippen molar-refractivity contribution in [3.8, 4) is 5.75 Å². The second kappa shape index (κ2) is 7.90. The zero-order valence-corrected chi connectivity index (χ0v) is 15.8. The van der Waals surface area contributed by atoms with Crippen LogP contribution in [0.25, 0.3) is 0 Å². The van der Waals surface area contributed by atoms with E-state index in [0.29, 0.717) is 21.6 Å². The molecule has 1 aromatic carbocycles. The van der Waals surface area contributed by atoms with Gasteiger partial charge in [0.2, 0.25) is 0 Å². The van der Waals surface area contributed by atoms with Crippen molar-refractivity contribution in [3.63, 3.8) is 0 Å². The predicted molar refractivity (Wildman–Crippen MR) is 89.8 cm³/mol. The number of hydrogen-bond acceptors (Lipinski definition) is 3. The van der Waals surface area contributed by atoms with E-state index in [1.165, 1.54) is 6.07 Å². The molecule has 0 bridgehead atoms. The molecule has 5 nitrogen and oxygen atoms in total. The molecule has 0 atom stereocenters. The highest BCUT2D eigenvalue weighted by Gasteiger charge is 2.30. The van der Waals surface area contributed by atoms with E-state index in [-0.39, 0.29) is 34.8 Å². The van der Waals surface area contributed by atoms with Crippen LogP contribution >= 0.6 is 23.2 Å². The molecule has 1 aliphatic heterocycles. The molecular formula is C15H22Cl3N3O2. The highest BCUT2D eigenvalue weighted by Crippen LogP contribution is 2.38. The number of nitrogens with one attached hydrogen (secondary N) is 1. The Morgan fingerprint density at radius 2 is 1.96 bits per heavy atom. The number of anilines is 1. The van der Waals surface area contributed by atoms with Crippen molar-refractivity contribution in [2.24, 2.45) is 0 Å². The van der Waals surface area contributed by atoms with E-state index in [4.69, 9.17) is 23.2 Å². The summed E-state index contributed by atoms with van der Waals surface area (Å²) in [6, 6.07) is 1.53. The number of carbonyl (C=O) groups excluding carboxylic acids is 1. The Morgan fingerprint density at radius 3 is 2.52 bits per heavy atom. The summed E-state index contributed by atoms with van der Waals surface area (Å²) in [7, 11) is 4.15. The van der Waals surface area contributed by atoms with Gasteiger partial charge >= 0.3 is 0 Å². The molecule has 0 unspecified atom stereocenters. The zero-order valence-electron chi connectivity index (χ0n) is 13.5. The van der Waals surface area contributed by atoms with E-state index in [2.05, 4.69) is 24.3 Å². The van der Waals surface area contributed by atoms with Gasteiger partial charge in [-0.1, -0.05) is 23.2 Å². The summed E-state index contributed by atoms with van der Waals surface area (Å²) < 4.78 is 0.685. The minimum Gasteiger partial charge on any atom is -1.00 e. The van der Waals surface area contributed by atoms with Gasteiger partial charge in [0.15, 0.2) is 12.3 Å². The van der Waals surface area contributed by atoms with Crippen molar-refractivity contribution in [1.29, 1.82) is 0 Å². The Hall–Kier alpha value is -0.720. The Kier molecular flexibility index (Phi) is 6.98. The van der Waals surface area contributed by atoms with E-state index in [1.54, 1.807) is 6.92 Å². The first-order chi connectivity index (χ1) is 10.2. The van der Waals surface area contributed by atoms with Gasteiger partial charge in [-0.3, -0.25) is 9.69 Å². The van der Waals surface area contributed by atoms with E-state index in [1.807, 2.05) is 0 Å². The fourth-order valence-corrected chi connectivity index (χ4v) is 3.00. The number of phenolic OH excluding ortho intramolecular Hbond substituents is 1. The second-order valence-corrected chi connectivity index (χ2v) is 7.05. The Bertz CT molecular complexity index is 588. The van der Waals surface area contributed by atoms with Gasteiger partial charge in [0.1, 0.15) is 0 Å². The van der Waals surface area contributed by atoms with Crippen LogP contribution in [0, 0.1) is 6.92 Å². The first-order valence-corrected chi connectivity index (χ1v) is 7.97. The van der Waals surface area contributed by atoms with Crippen LogP contribution in [0.3, 0.4) is 0 Å². The number of likely N-dealkylation sites (N-methyl/N-ethyl adjacent to an activating group) is 2. The molecule has 0 spiro atoms. The van der Waals surface area contributed by atoms with E-state index < -0.39 is 0 Å². The molecule has 2 rings (SSSR count). The predicted octanol–water partition coefficient (Wildman–Crippen LogP) is -0.658. The monoisotopic (exact) mass is 381 g/mol. The van der Waals surface area contributed by atoms with Gasteiger partial charge in [0.25, 0.3) is 5.91 Å². The zero-order chi connectivity index (χ0) is 16.5. The summed E-state index contributed by atoms with van der Waals surface area (Å²) in [6.45, 7) is 5.86. The third-order valence-corrected chi connectivity index (χ3v) is 5.12.